The van der Waals surface area contributed by atoms with E-state index in [1.807, 2.05) is 30.3 Å². The van der Waals surface area contributed by atoms with E-state index < -0.39 is 12.5 Å². The van der Waals surface area contributed by atoms with Crippen LogP contribution in [0.2, 0.25) is 0 Å². The second-order valence-electron chi connectivity index (χ2n) is 5.55. The van der Waals surface area contributed by atoms with E-state index in [1.165, 1.54) is 25.3 Å². The Labute approximate surface area is 154 Å². The molecule has 0 bridgehead atoms. The third-order valence-electron chi connectivity index (χ3n) is 3.72. The molecule has 0 radical (unpaired) electrons. The Balaban J connectivity index is 1.76. The van der Waals surface area contributed by atoms with Crippen molar-refractivity contribution in [2.24, 2.45) is 0 Å². The molecule has 0 unspecified atom stereocenters. The van der Waals surface area contributed by atoms with Gasteiger partial charge in [0.05, 0.1) is 19.2 Å². The number of ether oxygens (including phenoxy) is 2. The lowest BCUT2D eigenvalue weighted by Gasteiger charge is -2.13. The molecule has 0 fully saturated rings. The molecule has 0 aliphatic rings. The van der Waals surface area contributed by atoms with Gasteiger partial charge < -0.3 is 14.8 Å². The Morgan fingerprint density at radius 1 is 1.15 bits per heavy atom. The summed E-state index contributed by atoms with van der Waals surface area (Å²) in [6.07, 6.45) is 1.71. The monoisotopic (exact) mass is 373 g/mol. The van der Waals surface area contributed by atoms with Crippen LogP contribution in [-0.2, 0) is 6.54 Å². The minimum absolute atomic E-state index is 0.0394. The van der Waals surface area contributed by atoms with E-state index in [0.717, 1.165) is 5.56 Å². The molecule has 8 heteroatoms. The first-order valence-corrected chi connectivity index (χ1v) is 8.07. The average molecular weight is 373 g/mol. The number of anilines is 1. The van der Waals surface area contributed by atoms with Gasteiger partial charge in [0.2, 0.25) is 0 Å². The molecule has 0 saturated heterocycles. The second kappa shape index (κ2) is 8.31. The van der Waals surface area contributed by atoms with Gasteiger partial charge in [0.1, 0.15) is 0 Å². The summed E-state index contributed by atoms with van der Waals surface area (Å²) in [5, 5.41) is 6.85. The number of nitrogens with zero attached hydrogens (tertiary/aromatic N) is 2. The number of para-hydroxylation sites is 1. The van der Waals surface area contributed by atoms with Crippen molar-refractivity contribution < 1.29 is 23.0 Å². The zero-order chi connectivity index (χ0) is 19.2. The molecule has 6 nitrogen and oxygen atoms in total. The molecule has 2 aromatic carbocycles. The normalized spacial score (nSPS) is 10.7. The van der Waals surface area contributed by atoms with Crippen molar-refractivity contribution in [3.05, 3.63) is 71.9 Å². The van der Waals surface area contributed by atoms with Crippen LogP contribution in [0, 0.1) is 0 Å². The number of rotatable bonds is 7. The van der Waals surface area contributed by atoms with Crippen molar-refractivity contribution in [3.63, 3.8) is 0 Å². The lowest BCUT2D eigenvalue weighted by atomic mass is 10.1. The molecule has 3 rings (SSSR count). The number of nitrogens with one attached hydrogen (secondary N) is 1. The quantitative estimate of drug-likeness (QED) is 0.684. The van der Waals surface area contributed by atoms with Gasteiger partial charge >= 0.3 is 6.61 Å². The number of hydrogen-bond acceptors (Lipinski definition) is 4. The Hall–Kier alpha value is -3.42. The summed E-state index contributed by atoms with van der Waals surface area (Å²) in [6, 6.07) is 15.6. The van der Waals surface area contributed by atoms with Gasteiger partial charge in [0.15, 0.2) is 17.3 Å². The molecule has 0 atom stereocenters. The van der Waals surface area contributed by atoms with E-state index in [2.05, 4.69) is 15.2 Å². The molecule has 1 heterocycles. The number of halogens is 2. The van der Waals surface area contributed by atoms with Crippen molar-refractivity contribution in [2.75, 3.05) is 12.4 Å². The van der Waals surface area contributed by atoms with Gasteiger partial charge in [0, 0.05) is 12.3 Å². The predicted molar refractivity (Wildman–Crippen MR) is 95.4 cm³/mol. The third-order valence-corrected chi connectivity index (χ3v) is 3.72. The lowest BCUT2D eigenvalue weighted by Crippen LogP contribution is -2.16. The number of methoxy groups -OCH3 is 1. The molecule has 0 spiro atoms. The number of hydrogen-bond donors (Lipinski definition) is 1. The summed E-state index contributed by atoms with van der Waals surface area (Å²) in [5.74, 6) is -0.620. The van der Waals surface area contributed by atoms with Crippen LogP contribution in [0.3, 0.4) is 0 Å². The van der Waals surface area contributed by atoms with Crippen LogP contribution in [0.1, 0.15) is 15.9 Å². The van der Waals surface area contributed by atoms with Crippen molar-refractivity contribution in [1.29, 1.82) is 0 Å². The van der Waals surface area contributed by atoms with Gasteiger partial charge in [-0.2, -0.15) is 13.9 Å². The maximum atomic E-state index is 12.7. The fraction of sp³-hybridized carbons (Fsp3) is 0.158. The summed E-state index contributed by atoms with van der Waals surface area (Å²) in [6.45, 7) is -2.55. The molecule has 1 aromatic heterocycles. The number of carbonyl (C=O) groups excluding carboxylic acids is 1. The minimum Gasteiger partial charge on any atom is -0.493 e. The number of amides is 1. The molecule has 140 valence electrons. The van der Waals surface area contributed by atoms with E-state index in [4.69, 9.17) is 4.74 Å². The van der Waals surface area contributed by atoms with E-state index in [-0.39, 0.29) is 17.1 Å². The number of benzene rings is 2. The summed E-state index contributed by atoms with van der Waals surface area (Å²) in [4.78, 5) is 12.5. The maximum Gasteiger partial charge on any atom is 0.387 e. The summed E-state index contributed by atoms with van der Waals surface area (Å²) in [7, 11) is 1.31. The van der Waals surface area contributed by atoms with Gasteiger partial charge in [-0.05, 0) is 17.7 Å². The highest BCUT2D eigenvalue weighted by Gasteiger charge is 2.20. The van der Waals surface area contributed by atoms with Crippen LogP contribution in [0.15, 0.2) is 60.8 Å². The van der Waals surface area contributed by atoms with E-state index in [0.29, 0.717) is 12.4 Å². The fourth-order valence-electron chi connectivity index (χ4n) is 2.54. The lowest BCUT2D eigenvalue weighted by molar-refractivity contribution is -0.0515. The van der Waals surface area contributed by atoms with Gasteiger partial charge in [-0.1, -0.05) is 36.4 Å². The largest absolute Gasteiger partial charge is 0.493 e. The molecule has 27 heavy (non-hydrogen) atoms. The third kappa shape index (κ3) is 4.60. The first-order valence-electron chi connectivity index (χ1n) is 8.07. The van der Waals surface area contributed by atoms with Crippen LogP contribution >= 0.6 is 0 Å². The SMILES string of the molecule is COc1cccc(C(=O)Nc2ccn(Cc3ccccc3)n2)c1OC(F)F. The zero-order valence-electron chi connectivity index (χ0n) is 14.4. The zero-order valence-corrected chi connectivity index (χ0v) is 14.4. The van der Waals surface area contributed by atoms with Crippen LogP contribution < -0.4 is 14.8 Å². The molecule has 0 aliphatic carbocycles. The van der Waals surface area contributed by atoms with Crippen LogP contribution in [0.4, 0.5) is 14.6 Å². The molecular weight excluding hydrogens is 356 g/mol. The highest BCUT2D eigenvalue weighted by Crippen LogP contribution is 2.32. The molecule has 1 amide bonds. The standard InChI is InChI=1S/C19H17F2N3O3/c1-26-15-9-5-8-14(17(15)27-19(20)21)18(25)22-16-10-11-24(23-16)12-13-6-3-2-4-7-13/h2-11,19H,12H2,1H3,(H,22,23,25). The van der Waals surface area contributed by atoms with Crippen molar-refractivity contribution in [2.45, 2.75) is 13.2 Å². The Kier molecular flexibility index (Phi) is 5.65. The maximum absolute atomic E-state index is 12.7. The fourth-order valence-corrected chi connectivity index (χ4v) is 2.54. The van der Waals surface area contributed by atoms with Crippen LogP contribution in [-0.4, -0.2) is 29.4 Å². The average Bonchev–Trinajstić information content (AvgIpc) is 3.09. The minimum atomic E-state index is -3.09. The first-order chi connectivity index (χ1) is 13.1. The van der Waals surface area contributed by atoms with Gasteiger partial charge in [-0.15, -0.1) is 0 Å². The summed E-state index contributed by atoms with van der Waals surface area (Å²) >= 11 is 0. The molecule has 3 aromatic rings. The van der Waals surface area contributed by atoms with Gasteiger partial charge in [-0.25, -0.2) is 0 Å². The Bertz CT molecular complexity index is 914. The first kappa shape index (κ1) is 18.4. The predicted octanol–water partition coefficient (Wildman–Crippen LogP) is 3.79. The number of aromatic nitrogens is 2. The van der Waals surface area contributed by atoms with Crippen LogP contribution in [0.25, 0.3) is 0 Å². The highest BCUT2D eigenvalue weighted by atomic mass is 19.3. The Morgan fingerprint density at radius 2 is 1.93 bits per heavy atom. The van der Waals surface area contributed by atoms with Crippen molar-refractivity contribution in [3.8, 4) is 11.5 Å². The van der Waals surface area contributed by atoms with E-state index >= 15 is 0 Å². The molecule has 0 saturated carbocycles. The molecule has 1 N–H and O–H groups in total. The van der Waals surface area contributed by atoms with Crippen molar-refractivity contribution in [1.82, 2.24) is 9.78 Å². The summed E-state index contributed by atoms with van der Waals surface area (Å²) < 4.78 is 36.5. The number of alkyl halides is 2. The van der Waals surface area contributed by atoms with Crippen LogP contribution in [0.5, 0.6) is 11.5 Å². The number of carbonyl (C=O) groups is 1. The molecule has 0 aliphatic heterocycles. The topological polar surface area (TPSA) is 65.4 Å². The smallest absolute Gasteiger partial charge is 0.387 e. The van der Waals surface area contributed by atoms with Gasteiger partial charge in [0.25, 0.3) is 5.91 Å². The van der Waals surface area contributed by atoms with Gasteiger partial charge in [-0.3, -0.25) is 9.48 Å². The Morgan fingerprint density at radius 3 is 2.63 bits per heavy atom. The second-order valence-corrected chi connectivity index (χ2v) is 5.55. The van der Waals surface area contributed by atoms with E-state index in [9.17, 15) is 13.6 Å². The van der Waals surface area contributed by atoms with Crippen molar-refractivity contribution >= 4 is 11.7 Å². The summed E-state index contributed by atoms with van der Waals surface area (Å²) in [5.41, 5.74) is 0.978. The highest BCUT2D eigenvalue weighted by molar-refractivity contribution is 6.06. The van der Waals surface area contributed by atoms with E-state index in [1.54, 1.807) is 16.9 Å². The molecular formula is C19H17F2N3O3.